The maximum Gasteiger partial charge on any atom is 0.322 e. The fourth-order valence-corrected chi connectivity index (χ4v) is 10.1. The molecule has 10 atom stereocenters. The molecule has 0 aliphatic heterocycles. The lowest BCUT2D eigenvalue weighted by Crippen LogP contribution is -2.50. The topological polar surface area (TPSA) is 179 Å². The van der Waals surface area contributed by atoms with Gasteiger partial charge >= 0.3 is 11.9 Å². The number of carboxylic acids is 2. The van der Waals surface area contributed by atoms with Gasteiger partial charge in [0.25, 0.3) is 0 Å². The van der Waals surface area contributed by atoms with Gasteiger partial charge in [0.1, 0.15) is 18.6 Å². The number of hydrogen-bond donors (Lipinski definition) is 7. The number of aliphatic hydroxyl groups excluding tert-OH is 1. The summed E-state index contributed by atoms with van der Waals surface area (Å²) in [5.41, 5.74) is 7.83. The van der Waals surface area contributed by atoms with Crippen molar-refractivity contribution >= 4 is 36.4 Å². The molecule has 11 heteroatoms. The number of aliphatic carboxylic acids is 2. The van der Waals surface area contributed by atoms with Crippen molar-refractivity contribution in [1.82, 2.24) is 10.6 Å². The highest BCUT2D eigenvalue weighted by atomic mass is 32.1. The zero-order chi connectivity index (χ0) is 35.8. The van der Waals surface area contributed by atoms with E-state index in [4.69, 9.17) is 15.9 Å². The van der Waals surface area contributed by atoms with Crippen LogP contribution in [0.25, 0.3) is 0 Å². The molecule has 0 aromatic rings. The maximum atomic E-state index is 11.5. The molecule has 4 aliphatic rings. The second-order valence-corrected chi connectivity index (χ2v) is 16.4. The van der Waals surface area contributed by atoms with Gasteiger partial charge < -0.3 is 31.7 Å². The van der Waals surface area contributed by atoms with Gasteiger partial charge in [0.2, 0.25) is 11.8 Å². The van der Waals surface area contributed by atoms with Crippen LogP contribution >= 0.6 is 12.6 Å². The second-order valence-electron chi connectivity index (χ2n) is 16.1. The third kappa shape index (κ3) is 9.99. The Balaban J connectivity index is 0.000000279. The molecule has 2 amide bonds. The highest BCUT2D eigenvalue weighted by Gasteiger charge is 2.59. The van der Waals surface area contributed by atoms with Crippen molar-refractivity contribution in [3.63, 3.8) is 0 Å². The molecule has 10 nitrogen and oxygen atoms in total. The molecular formula is C37H63N3O7S. The smallest absolute Gasteiger partial charge is 0.322 e. The van der Waals surface area contributed by atoms with E-state index in [1.54, 1.807) is 5.57 Å². The van der Waals surface area contributed by atoms with E-state index in [0.29, 0.717) is 10.8 Å². The monoisotopic (exact) mass is 693 g/mol. The Kier molecular flexibility index (Phi) is 14.9. The highest BCUT2D eigenvalue weighted by Crippen LogP contribution is 2.67. The molecule has 7 N–H and O–H groups in total. The highest BCUT2D eigenvalue weighted by molar-refractivity contribution is 7.80. The van der Waals surface area contributed by atoms with Crippen molar-refractivity contribution in [2.45, 2.75) is 136 Å². The predicted octanol–water partition coefficient (Wildman–Crippen LogP) is 5.18. The Morgan fingerprint density at radius 1 is 1.00 bits per heavy atom. The zero-order valence-corrected chi connectivity index (χ0v) is 30.8. The van der Waals surface area contributed by atoms with Crippen molar-refractivity contribution in [3.05, 3.63) is 11.6 Å². The van der Waals surface area contributed by atoms with Crippen molar-refractivity contribution < 1.29 is 34.5 Å². The van der Waals surface area contributed by atoms with Crippen LogP contribution in [0.15, 0.2) is 11.6 Å². The molecule has 0 spiro atoms. The first-order valence-electron chi connectivity index (χ1n) is 18.3. The average molecular weight is 694 g/mol. The number of rotatable bonds is 14. The minimum atomic E-state index is -1.22. The molecule has 0 aromatic heterocycles. The van der Waals surface area contributed by atoms with E-state index in [1.165, 1.54) is 57.8 Å². The predicted molar refractivity (Wildman–Crippen MR) is 190 cm³/mol. The molecule has 0 bridgehead atoms. The molecule has 0 aromatic carbocycles. The van der Waals surface area contributed by atoms with E-state index >= 15 is 0 Å². The number of amides is 2. The molecule has 4 aliphatic carbocycles. The fourth-order valence-electron chi connectivity index (χ4n) is 9.82. The summed E-state index contributed by atoms with van der Waals surface area (Å²) in [5, 5.41) is 31.6. The minimum Gasteiger partial charge on any atom is -0.480 e. The Morgan fingerprint density at radius 2 is 1.71 bits per heavy atom. The standard InChI is InChI=1S/C27H46O.C10H17N3O6S/c1-18(2)7-6-8-19(3)23-11-12-24-22-10-9-20-17-21(28)13-15-26(20,4)25(22)14-16-27(23,24)5;11-5(10(18)19)1-2-7(14)13-6(4-20)9(17)12-3-8(15)16/h9,18-19,21-25,28H,6-8,10-17H2,1-5H3;5-6,20H,1-4,11H2,(H,12,17)(H,13,14)(H,15,16)(H,18,19)/t19?,21-,22-,23+,24-,25-,26-,27+;/m0./s1. The largest absolute Gasteiger partial charge is 0.480 e. The first-order valence-corrected chi connectivity index (χ1v) is 18.9. The van der Waals surface area contributed by atoms with Gasteiger partial charge in [-0.05, 0) is 104 Å². The lowest BCUT2D eigenvalue weighted by molar-refractivity contribution is -0.139. The first-order chi connectivity index (χ1) is 22.5. The van der Waals surface area contributed by atoms with Gasteiger partial charge in [-0.1, -0.05) is 65.5 Å². The van der Waals surface area contributed by atoms with E-state index in [1.807, 2.05) is 0 Å². The summed E-state index contributed by atoms with van der Waals surface area (Å²) < 4.78 is 0. The quantitative estimate of drug-likeness (QED) is 0.0961. The SMILES string of the molecule is CC(C)CCCC(C)[C@H]1CC[C@H]2[C@@H]3CC=C4C[C@@H](O)CC[C@]4(C)[C@H]3CC[C@]12C.NC(CCC(=O)NC(CS)C(=O)NCC(=O)O)C(=O)O. The number of nitrogens with two attached hydrogens (primary N) is 1. The van der Waals surface area contributed by atoms with E-state index in [2.05, 4.69) is 64.0 Å². The number of carbonyl (C=O) groups excluding carboxylic acids is 2. The molecule has 3 fully saturated rings. The normalized spacial score (nSPS) is 32.6. The van der Waals surface area contributed by atoms with Crippen LogP contribution in [0.5, 0.6) is 0 Å². The number of allylic oxidation sites excluding steroid dienone is 1. The van der Waals surface area contributed by atoms with Gasteiger partial charge in [-0.15, -0.1) is 0 Å². The summed E-state index contributed by atoms with van der Waals surface area (Å²) in [6, 6.07) is -2.15. The van der Waals surface area contributed by atoms with E-state index < -0.39 is 42.4 Å². The Labute approximate surface area is 293 Å². The van der Waals surface area contributed by atoms with Gasteiger partial charge in [0.15, 0.2) is 0 Å². The molecule has 3 saturated carbocycles. The number of carbonyl (C=O) groups is 4. The van der Waals surface area contributed by atoms with Gasteiger partial charge in [-0.25, -0.2) is 0 Å². The summed E-state index contributed by atoms with van der Waals surface area (Å²) >= 11 is 3.87. The number of thiol groups is 1. The van der Waals surface area contributed by atoms with E-state index in [-0.39, 0.29) is 24.7 Å². The Hall–Kier alpha value is -2.11. The van der Waals surface area contributed by atoms with Crippen molar-refractivity contribution in [3.8, 4) is 0 Å². The second kappa shape index (κ2) is 17.7. The molecule has 274 valence electrons. The van der Waals surface area contributed by atoms with Crippen molar-refractivity contribution in [2.24, 2.45) is 52.1 Å². The van der Waals surface area contributed by atoms with E-state index in [0.717, 1.165) is 48.3 Å². The summed E-state index contributed by atoms with van der Waals surface area (Å²) in [5.74, 6) is 1.75. The van der Waals surface area contributed by atoms with E-state index in [9.17, 15) is 24.3 Å². The van der Waals surface area contributed by atoms with Crippen LogP contribution in [0.1, 0.15) is 118 Å². The number of hydrogen-bond acceptors (Lipinski definition) is 7. The van der Waals surface area contributed by atoms with Crippen LogP contribution in [0.2, 0.25) is 0 Å². The summed E-state index contributed by atoms with van der Waals surface area (Å²) in [7, 11) is 0. The summed E-state index contributed by atoms with van der Waals surface area (Å²) in [4.78, 5) is 43.7. The lowest BCUT2D eigenvalue weighted by Gasteiger charge is -2.58. The van der Waals surface area contributed by atoms with Crippen LogP contribution in [-0.4, -0.2) is 69.6 Å². The molecular weight excluding hydrogens is 630 g/mol. The van der Waals surface area contributed by atoms with Crippen molar-refractivity contribution in [1.29, 1.82) is 0 Å². The number of nitrogens with one attached hydrogen (secondary N) is 2. The molecule has 48 heavy (non-hydrogen) atoms. The number of aliphatic hydroxyl groups is 1. The summed E-state index contributed by atoms with van der Waals surface area (Å²) in [6.45, 7) is 12.0. The molecule has 4 rings (SSSR count). The van der Waals surface area contributed by atoms with Gasteiger partial charge in [0, 0.05) is 12.2 Å². The van der Waals surface area contributed by atoms with Gasteiger partial charge in [0.05, 0.1) is 6.10 Å². The van der Waals surface area contributed by atoms with Gasteiger partial charge in [-0.3, -0.25) is 19.2 Å². The van der Waals surface area contributed by atoms with Crippen LogP contribution in [0.3, 0.4) is 0 Å². The Bertz CT molecular complexity index is 1160. The van der Waals surface area contributed by atoms with Crippen LogP contribution < -0.4 is 16.4 Å². The number of fused-ring (bicyclic) bond motifs is 5. The summed E-state index contributed by atoms with van der Waals surface area (Å²) in [6.07, 6.45) is 16.9. The molecule has 3 unspecified atom stereocenters. The average Bonchev–Trinajstić information content (AvgIpc) is 3.39. The maximum absolute atomic E-state index is 11.5. The molecule has 0 saturated heterocycles. The van der Waals surface area contributed by atoms with Crippen LogP contribution in [-0.2, 0) is 19.2 Å². The first kappa shape index (κ1) is 40.3. The third-order valence-corrected chi connectivity index (χ3v) is 12.9. The van der Waals surface area contributed by atoms with Crippen molar-refractivity contribution in [2.75, 3.05) is 12.3 Å². The Morgan fingerprint density at radius 3 is 2.33 bits per heavy atom. The molecule has 0 heterocycles. The third-order valence-electron chi connectivity index (χ3n) is 12.5. The molecule has 0 radical (unpaired) electrons. The van der Waals surface area contributed by atoms with Crippen LogP contribution in [0.4, 0.5) is 0 Å². The van der Waals surface area contributed by atoms with Gasteiger partial charge in [-0.2, -0.15) is 12.6 Å². The zero-order valence-electron chi connectivity index (χ0n) is 29.9. The number of carboxylic acid groups (broad SMARTS) is 2. The lowest BCUT2D eigenvalue weighted by atomic mass is 9.47. The van der Waals surface area contributed by atoms with Crippen LogP contribution in [0, 0.1) is 46.3 Å². The fraction of sp³-hybridized carbons (Fsp3) is 0.838. The minimum absolute atomic E-state index is 0.0256.